The lowest BCUT2D eigenvalue weighted by molar-refractivity contribution is 0.0818. The third-order valence-corrected chi connectivity index (χ3v) is 4.09. The third kappa shape index (κ3) is 4.14. The Hall–Kier alpha value is -0.0400. The molecule has 0 saturated heterocycles. The molecule has 0 amide bonds. The van der Waals surface area contributed by atoms with E-state index in [1.807, 2.05) is 0 Å². The standard InChI is InChI=1S/C14H31N/c1-8-14(9-2,10-3)11-15(12(4)5)13(6)7/h12-13H,8-11H2,1-7H3. The summed E-state index contributed by atoms with van der Waals surface area (Å²) in [4.78, 5) is 2.64. The van der Waals surface area contributed by atoms with Gasteiger partial charge in [-0.05, 0) is 52.4 Å². The van der Waals surface area contributed by atoms with Crippen LogP contribution in [-0.4, -0.2) is 23.5 Å². The summed E-state index contributed by atoms with van der Waals surface area (Å²) in [7, 11) is 0. The predicted molar refractivity (Wildman–Crippen MR) is 70.3 cm³/mol. The quantitative estimate of drug-likeness (QED) is 0.609. The molecule has 0 fully saturated rings. The minimum absolute atomic E-state index is 0.536. The SMILES string of the molecule is CCC(CC)(CC)CN(C(C)C)C(C)C. The van der Waals surface area contributed by atoms with Crippen LogP contribution < -0.4 is 0 Å². The van der Waals surface area contributed by atoms with Crippen LogP contribution in [0.3, 0.4) is 0 Å². The molecular formula is C14H31N. The lowest BCUT2D eigenvalue weighted by atomic mass is 9.79. The van der Waals surface area contributed by atoms with E-state index in [4.69, 9.17) is 0 Å². The van der Waals surface area contributed by atoms with E-state index in [-0.39, 0.29) is 0 Å². The summed E-state index contributed by atoms with van der Waals surface area (Å²) in [6.07, 6.45) is 3.90. The summed E-state index contributed by atoms with van der Waals surface area (Å²) in [5.41, 5.74) is 0.536. The topological polar surface area (TPSA) is 3.24 Å². The van der Waals surface area contributed by atoms with E-state index in [1.165, 1.54) is 25.8 Å². The molecule has 0 bridgehead atoms. The van der Waals surface area contributed by atoms with Gasteiger partial charge in [0.25, 0.3) is 0 Å². The normalized spacial score (nSPS) is 13.2. The molecule has 0 aliphatic rings. The minimum atomic E-state index is 0.536. The molecule has 0 aromatic carbocycles. The summed E-state index contributed by atoms with van der Waals surface area (Å²) < 4.78 is 0. The van der Waals surface area contributed by atoms with Crippen molar-refractivity contribution >= 4 is 0 Å². The Morgan fingerprint density at radius 1 is 0.800 bits per heavy atom. The Labute approximate surface area is 97.2 Å². The molecule has 0 atom stereocenters. The first-order valence-corrected chi connectivity index (χ1v) is 6.68. The second-order valence-electron chi connectivity index (χ2n) is 5.42. The Balaban J connectivity index is 4.61. The lowest BCUT2D eigenvalue weighted by Gasteiger charge is -2.40. The Kier molecular flexibility index (Phi) is 6.51. The zero-order valence-corrected chi connectivity index (χ0v) is 11.9. The number of rotatable bonds is 7. The number of hydrogen-bond acceptors (Lipinski definition) is 1. The molecule has 0 heterocycles. The van der Waals surface area contributed by atoms with Crippen LogP contribution in [0.5, 0.6) is 0 Å². The van der Waals surface area contributed by atoms with Gasteiger partial charge in [-0.25, -0.2) is 0 Å². The molecule has 0 aromatic heterocycles. The Morgan fingerprint density at radius 2 is 1.13 bits per heavy atom. The summed E-state index contributed by atoms with van der Waals surface area (Å²) in [5.74, 6) is 0. The van der Waals surface area contributed by atoms with Crippen molar-refractivity contribution in [2.75, 3.05) is 6.54 Å². The van der Waals surface area contributed by atoms with Crippen molar-refractivity contribution in [2.45, 2.75) is 79.8 Å². The first kappa shape index (κ1) is 15.0. The van der Waals surface area contributed by atoms with Crippen molar-refractivity contribution in [3.63, 3.8) is 0 Å². The molecule has 1 nitrogen and oxygen atoms in total. The monoisotopic (exact) mass is 213 g/mol. The maximum absolute atomic E-state index is 2.64. The van der Waals surface area contributed by atoms with Crippen molar-refractivity contribution in [3.8, 4) is 0 Å². The molecule has 0 N–H and O–H groups in total. The van der Waals surface area contributed by atoms with Gasteiger partial charge in [-0.1, -0.05) is 20.8 Å². The Bertz CT molecular complexity index is 140. The van der Waals surface area contributed by atoms with Gasteiger partial charge in [0.15, 0.2) is 0 Å². The van der Waals surface area contributed by atoms with Gasteiger partial charge < -0.3 is 0 Å². The highest BCUT2D eigenvalue weighted by Gasteiger charge is 2.28. The van der Waals surface area contributed by atoms with Gasteiger partial charge in [-0.3, -0.25) is 4.90 Å². The van der Waals surface area contributed by atoms with Crippen molar-refractivity contribution in [1.82, 2.24) is 4.90 Å². The fraction of sp³-hybridized carbons (Fsp3) is 1.00. The van der Waals surface area contributed by atoms with Crippen LogP contribution in [0, 0.1) is 5.41 Å². The molecule has 0 saturated carbocycles. The fourth-order valence-electron chi connectivity index (χ4n) is 2.43. The van der Waals surface area contributed by atoms with E-state index in [1.54, 1.807) is 0 Å². The van der Waals surface area contributed by atoms with Crippen LogP contribution in [0.25, 0.3) is 0 Å². The first-order valence-electron chi connectivity index (χ1n) is 6.68. The van der Waals surface area contributed by atoms with Crippen molar-refractivity contribution in [3.05, 3.63) is 0 Å². The van der Waals surface area contributed by atoms with Crippen molar-refractivity contribution in [1.29, 1.82) is 0 Å². The third-order valence-electron chi connectivity index (χ3n) is 4.09. The van der Waals surface area contributed by atoms with Gasteiger partial charge in [0.1, 0.15) is 0 Å². The zero-order valence-electron chi connectivity index (χ0n) is 11.9. The molecule has 0 aromatic rings. The van der Waals surface area contributed by atoms with Gasteiger partial charge in [0.2, 0.25) is 0 Å². The van der Waals surface area contributed by atoms with E-state index in [2.05, 4.69) is 53.4 Å². The van der Waals surface area contributed by atoms with Gasteiger partial charge in [0.05, 0.1) is 0 Å². The van der Waals surface area contributed by atoms with Crippen molar-refractivity contribution < 1.29 is 0 Å². The Morgan fingerprint density at radius 3 is 1.33 bits per heavy atom. The average molecular weight is 213 g/mol. The van der Waals surface area contributed by atoms with E-state index < -0.39 is 0 Å². The van der Waals surface area contributed by atoms with Gasteiger partial charge in [0, 0.05) is 18.6 Å². The van der Waals surface area contributed by atoms with Crippen LogP contribution in [0.1, 0.15) is 67.7 Å². The highest BCUT2D eigenvalue weighted by molar-refractivity contribution is 4.82. The molecular weight excluding hydrogens is 182 g/mol. The van der Waals surface area contributed by atoms with E-state index >= 15 is 0 Å². The second-order valence-corrected chi connectivity index (χ2v) is 5.42. The molecule has 0 rings (SSSR count). The van der Waals surface area contributed by atoms with Gasteiger partial charge >= 0.3 is 0 Å². The van der Waals surface area contributed by atoms with E-state index in [9.17, 15) is 0 Å². The molecule has 0 aliphatic carbocycles. The molecule has 92 valence electrons. The summed E-state index contributed by atoms with van der Waals surface area (Å²) in [6.45, 7) is 17.5. The molecule has 15 heavy (non-hydrogen) atoms. The molecule has 0 radical (unpaired) electrons. The van der Waals surface area contributed by atoms with E-state index in [0.29, 0.717) is 17.5 Å². The highest BCUT2D eigenvalue weighted by Crippen LogP contribution is 2.32. The number of hydrogen-bond donors (Lipinski definition) is 0. The van der Waals surface area contributed by atoms with Crippen LogP contribution >= 0.6 is 0 Å². The molecule has 0 spiro atoms. The molecule has 0 unspecified atom stereocenters. The van der Waals surface area contributed by atoms with Crippen LogP contribution in [0.2, 0.25) is 0 Å². The fourth-order valence-corrected chi connectivity index (χ4v) is 2.43. The van der Waals surface area contributed by atoms with Crippen molar-refractivity contribution in [2.24, 2.45) is 5.41 Å². The van der Waals surface area contributed by atoms with Gasteiger partial charge in [-0.15, -0.1) is 0 Å². The smallest absolute Gasteiger partial charge is 0.00431 e. The second kappa shape index (κ2) is 6.52. The summed E-state index contributed by atoms with van der Waals surface area (Å²) >= 11 is 0. The van der Waals surface area contributed by atoms with E-state index in [0.717, 1.165) is 0 Å². The first-order chi connectivity index (χ1) is 6.92. The predicted octanol–water partition coefficient (Wildman–Crippen LogP) is 4.32. The largest absolute Gasteiger partial charge is 0.298 e. The molecule has 1 heteroatoms. The molecule has 0 aliphatic heterocycles. The van der Waals surface area contributed by atoms with Crippen LogP contribution in [0.15, 0.2) is 0 Å². The average Bonchev–Trinajstić information content (AvgIpc) is 2.20. The lowest BCUT2D eigenvalue weighted by Crippen LogP contribution is -2.44. The number of nitrogens with zero attached hydrogens (tertiary/aromatic N) is 1. The maximum atomic E-state index is 2.64. The zero-order chi connectivity index (χ0) is 12.1. The summed E-state index contributed by atoms with van der Waals surface area (Å²) in [5, 5.41) is 0. The van der Waals surface area contributed by atoms with Gasteiger partial charge in [-0.2, -0.15) is 0 Å². The van der Waals surface area contributed by atoms with Crippen LogP contribution in [-0.2, 0) is 0 Å². The summed E-state index contributed by atoms with van der Waals surface area (Å²) in [6, 6.07) is 1.32. The maximum Gasteiger partial charge on any atom is 0.00431 e. The van der Waals surface area contributed by atoms with Crippen LogP contribution in [0.4, 0.5) is 0 Å². The minimum Gasteiger partial charge on any atom is -0.298 e. The highest BCUT2D eigenvalue weighted by atomic mass is 15.2.